The van der Waals surface area contributed by atoms with Gasteiger partial charge in [0, 0.05) is 0 Å². The van der Waals surface area contributed by atoms with Crippen molar-refractivity contribution >= 4 is 5.97 Å². The van der Waals surface area contributed by atoms with E-state index in [4.69, 9.17) is 9.15 Å². The minimum atomic E-state index is -0.244. The molecule has 0 atom stereocenters. The molecule has 3 heteroatoms. The summed E-state index contributed by atoms with van der Waals surface area (Å²) in [5, 5.41) is 0. The third-order valence-corrected chi connectivity index (χ3v) is 1.96. The predicted octanol–water partition coefficient (Wildman–Crippen LogP) is 2.06. The smallest absolute Gasteiger partial charge is 0.317 e. The molecule has 3 nitrogen and oxygen atoms in total. The van der Waals surface area contributed by atoms with Gasteiger partial charge in [-0.3, -0.25) is 4.79 Å². The lowest BCUT2D eigenvalue weighted by molar-refractivity contribution is -0.147. The van der Waals surface area contributed by atoms with E-state index in [1.54, 1.807) is 30.5 Å². The topological polar surface area (TPSA) is 39.4 Å². The van der Waals surface area contributed by atoms with Crippen LogP contribution in [-0.2, 0) is 16.1 Å². The minimum absolute atomic E-state index is 0.198. The van der Waals surface area contributed by atoms with Gasteiger partial charge in [-0.05, 0) is 12.1 Å². The molecule has 2 rings (SSSR count). The summed E-state index contributed by atoms with van der Waals surface area (Å²) in [4.78, 5) is 11.4. The van der Waals surface area contributed by atoms with Crippen LogP contribution in [0.4, 0.5) is 0 Å². The minimum Gasteiger partial charge on any atom is -0.466 e. The SMILES string of the molecule is O=C(OCc1ccco1)C1C=CC=C1. The largest absolute Gasteiger partial charge is 0.466 e. The first kappa shape index (κ1) is 8.81. The van der Waals surface area contributed by atoms with Gasteiger partial charge < -0.3 is 9.15 Å². The third kappa shape index (κ3) is 1.93. The van der Waals surface area contributed by atoms with Crippen molar-refractivity contribution in [3.63, 3.8) is 0 Å². The molecule has 14 heavy (non-hydrogen) atoms. The van der Waals surface area contributed by atoms with Gasteiger partial charge in [0.05, 0.1) is 12.2 Å². The molecule has 0 bridgehead atoms. The molecule has 1 aliphatic rings. The second-order valence-electron chi connectivity index (χ2n) is 2.98. The number of allylic oxidation sites excluding steroid dienone is 2. The van der Waals surface area contributed by atoms with E-state index in [1.807, 2.05) is 12.2 Å². The van der Waals surface area contributed by atoms with Crippen molar-refractivity contribution in [2.24, 2.45) is 5.92 Å². The Labute approximate surface area is 81.7 Å². The van der Waals surface area contributed by atoms with E-state index in [0.717, 1.165) is 0 Å². The zero-order chi connectivity index (χ0) is 9.80. The summed E-state index contributed by atoms with van der Waals surface area (Å²) in [5.41, 5.74) is 0. The Morgan fingerprint density at radius 1 is 1.43 bits per heavy atom. The maximum atomic E-state index is 11.4. The highest BCUT2D eigenvalue weighted by Crippen LogP contribution is 2.12. The van der Waals surface area contributed by atoms with Crippen LogP contribution in [-0.4, -0.2) is 5.97 Å². The highest BCUT2D eigenvalue weighted by atomic mass is 16.5. The maximum Gasteiger partial charge on any atom is 0.317 e. The molecule has 72 valence electrons. The monoisotopic (exact) mass is 190 g/mol. The van der Waals surface area contributed by atoms with Gasteiger partial charge in [0.1, 0.15) is 12.4 Å². The van der Waals surface area contributed by atoms with E-state index in [0.29, 0.717) is 5.76 Å². The quantitative estimate of drug-likeness (QED) is 0.685. The average Bonchev–Trinajstić information content (AvgIpc) is 2.87. The lowest BCUT2D eigenvalue weighted by atomic mass is 10.2. The molecule has 0 aromatic carbocycles. The van der Waals surface area contributed by atoms with Crippen LogP contribution < -0.4 is 0 Å². The van der Waals surface area contributed by atoms with E-state index >= 15 is 0 Å². The van der Waals surface area contributed by atoms with E-state index in [-0.39, 0.29) is 18.5 Å². The number of ether oxygens (including phenoxy) is 1. The van der Waals surface area contributed by atoms with Crippen molar-refractivity contribution in [3.05, 3.63) is 48.5 Å². The molecular formula is C11H10O3. The number of carbonyl (C=O) groups is 1. The molecule has 0 N–H and O–H groups in total. The summed E-state index contributed by atoms with van der Waals surface area (Å²) in [6.07, 6.45) is 8.81. The molecule has 0 amide bonds. The van der Waals surface area contributed by atoms with Crippen LogP contribution in [0.1, 0.15) is 5.76 Å². The second kappa shape index (κ2) is 3.96. The molecule has 0 fully saturated rings. The number of rotatable bonds is 3. The first-order valence-corrected chi connectivity index (χ1v) is 4.40. The highest BCUT2D eigenvalue weighted by molar-refractivity contribution is 5.77. The van der Waals surface area contributed by atoms with Crippen LogP contribution in [0.15, 0.2) is 47.1 Å². The van der Waals surface area contributed by atoms with Gasteiger partial charge >= 0.3 is 5.97 Å². The van der Waals surface area contributed by atoms with Gasteiger partial charge in [0.2, 0.25) is 0 Å². The number of esters is 1. The normalized spacial score (nSPS) is 14.9. The fraction of sp³-hybridized carbons (Fsp3) is 0.182. The summed E-state index contributed by atoms with van der Waals surface area (Å²) in [6, 6.07) is 3.53. The lowest BCUT2D eigenvalue weighted by Gasteiger charge is -2.05. The summed E-state index contributed by atoms with van der Waals surface area (Å²) in [7, 11) is 0. The predicted molar refractivity (Wildman–Crippen MR) is 50.3 cm³/mol. The maximum absolute atomic E-state index is 11.4. The lowest BCUT2D eigenvalue weighted by Crippen LogP contribution is -2.12. The summed E-state index contributed by atoms with van der Waals surface area (Å²) >= 11 is 0. The Kier molecular flexibility index (Phi) is 2.49. The molecule has 1 heterocycles. The van der Waals surface area contributed by atoms with Gasteiger partial charge in [0.25, 0.3) is 0 Å². The van der Waals surface area contributed by atoms with Gasteiger partial charge in [-0.1, -0.05) is 24.3 Å². The molecule has 0 aliphatic heterocycles. The fourth-order valence-corrected chi connectivity index (χ4v) is 1.22. The molecule has 1 aromatic heterocycles. The second-order valence-corrected chi connectivity index (χ2v) is 2.98. The third-order valence-electron chi connectivity index (χ3n) is 1.96. The first-order valence-electron chi connectivity index (χ1n) is 4.40. The van der Waals surface area contributed by atoms with Crippen molar-refractivity contribution in [3.8, 4) is 0 Å². The molecular weight excluding hydrogens is 180 g/mol. The van der Waals surface area contributed by atoms with Crippen LogP contribution in [0.2, 0.25) is 0 Å². The van der Waals surface area contributed by atoms with Crippen LogP contribution >= 0.6 is 0 Å². The molecule has 0 saturated carbocycles. The summed E-state index contributed by atoms with van der Waals surface area (Å²) in [6.45, 7) is 0.198. The zero-order valence-corrected chi connectivity index (χ0v) is 7.55. The van der Waals surface area contributed by atoms with Gasteiger partial charge in [-0.25, -0.2) is 0 Å². The van der Waals surface area contributed by atoms with Gasteiger partial charge in [-0.15, -0.1) is 0 Å². The van der Waals surface area contributed by atoms with Crippen LogP contribution in [0, 0.1) is 5.92 Å². The summed E-state index contributed by atoms with van der Waals surface area (Å²) < 4.78 is 10.1. The molecule has 0 spiro atoms. The van der Waals surface area contributed by atoms with E-state index in [9.17, 15) is 4.79 Å². The van der Waals surface area contributed by atoms with Crippen molar-refractivity contribution in [2.45, 2.75) is 6.61 Å². The van der Waals surface area contributed by atoms with Crippen molar-refractivity contribution in [2.75, 3.05) is 0 Å². The Morgan fingerprint density at radius 2 is 2.21 bits per heavy atom. The fourth-order valence-electron chi connectivity index (χ4n) is 1.22. The number of hydrogen-bond donors (Lipinski definition) is 0. The summed E-state index contributed by atoms with van der Waals surface area (Å²) in [5.74, 6) is 0.181. The Balaban J connectivity index is 1.84. The van der Waals surface area contributed by atoms with Crippen molar-refractivity contribution < 1.29 is 13.9 Å². The molecule has 1 aromatic rings. The number of hydrogen-bond acceptors (Lipinski definition) is 3. The van der Waals surface area contributed by atoms with Crippen LogP contribution in [0.25, 0.3) is 0 Å². The van der Waals surface area contributed by atoms with Gasteiger partial charge in [-0.2, -0.15) is 0 Å². The van der Waals surface area contributed by atoms with E-state index < -0.39 is 0 Å². The standard InChI is InChI=1S/C11H10O3/c12-11(9-4-1-2-5-9)14-8-10-6-3-7-13-10/h1-7,9H,8H2. The Morgan fingerprint density at radius 3 is 2.86 bits per heavy atom. The first-order chi connectivity index (χ1) is 6.86. The van der Waals surface area contributed by atoms with Crippen molar-refractivity contribution in [1.29, 1.82) is 0 Å². The van der Waals surface area contributed by atoms with E-state index in [2.05, 4.69) is 0 Å². The van der Waals surface area contributed by atoms with Crippen molar-refractivity contribution in [1.82, 2.24) is 0 Å². The van der Waals surface area contributed by atoms with E-state index in [1.165, 1.54) is 0 Å². The molecule has 0 radical (unpaired) electrons. The molecule has 1 aliphatic carbocycles. The highest BCUT2D eigenvalue weighted by Gasteiger charge is 2.15. The van der Waals surface area contributed by atoms with Gasteiger partial charge in [0.15, 0.2) is 0 Å². The van der Waals surface area contributed by atoms with Crippen LogP contribution in [0.3, 0.4) is 0 Å². The number of furan rings is 1. The Hall–Kier alpha value is -1.77. The molecule has 0 saturated heterocycles. The zero-order valence-electron chi connectivity index (χ0n) is 7.55. The number of carbonyl (C=O) groups excluding carboxylic acids is 1. The average molecular weight is 190 g/mol. The Bertz CT molecular complexity index is 348. The molecule has 0 unspecified atom stereocenters. The van der Waals surface area contributed by atoms with Crippen LogP contribution in [0.5, 0.6) is 0 Å².